The van der Waals surface area contributed by atoms with E-state index in [1.807, 2.05) is 0 Å². The summed E-state index contributed by atoms with van der Waals surface area (Å²) in [6, 6.07) is 0. The van der Waals surface area contributed by atoms with Crippen LogP contribution in [-0.2, 0) is 17.8 Å². The summed E-state index contributed by atoms with van der Waals surface area (Å²) >= 11 is 1.67. The van der Waals surface area contributed by atoms with Crippen LogP contribution in [0.2, 0.25) is 0 Å². The highest BCUT2D eigenvalue weighted by Gasteiger charge is 2.03. The van der Waals surface area contributed by atoms with Crippen LogP contribution < -0.4 is 5.32 Å². The second kappa shape index (κ2) is 8.61. The summed E-state index contributed by atoms with van der Waals surface area (Å²) in [5.74, 6) is 0. The van der Waals surface area contributed by atoms with E-state index in [4.69, 9.17) is 4.74 Å². The molecule has 0 bridgehead atoms. The summed E-state index contributed by atoms with van der Waals surface area (Å²) in [4.78, 5) is 0. The summed E-state index contributed by atoms with van der Waals surface area (Å²) in [5, 5.41) is 13.7. The largest absolute Gasteiger partial charge is 0.374 e. The van der Waals surface area contributed by atoms with Gasteiger partial charge in [0.2, 0.25) is 0 Å². The lowest BCUT2D eigenvalue weighted by molar-refractivity contribution is 0.121. The number of ether oxygens (including phenoxy) is 1. The minimum absolute atomic E-state index is 0.610. The Morgan fingerprint density at radius 1 is 1.25 bits per heavy atom. The minimum Gasteiger partial charge on any atom is -0.374 e. The first-order valence-electron chi connectivity index (χ1n) is 5.96. The predicted octanol–water partition coefficient (Wildman–Crippen LogP) is 2.01. The molecule has 0 radical (unpaired) electrons. The van der Waals surface area contributed by atoms with Crippen LogP contribution >= 0.6 is 11.3 Å². The van der Waals surface area contributed by atoms with Crippen molar-refractivity contribution in [2.24, 2.45) is 0 Å². The third-order valence-electron chi connectivity index (χ3n) is 2.08. The topological polar surface area (TPSA) is 47.0 Å². The summed E-state index contributed by atoms with van der Waals surface area (Å²) in [6.07, 6.45) is 3.19. The molecule has 0 unspecified atom stereocenters. The Morgan fingerprint density at radius 3 is 2.81 bits per heavy atom. The average Bonchev–Trinajstić information content (AvgIpc) is 2.73. The van der Waals surface area contributed by atoms with E-state index in [0.717, 1.165) is 49.0 Å². The lowest BCUT2D eigenvalue weighted by Gasteiger charge is -1.98. The Balaban J connectivity index is 2.17. The highest BCUT2D eigenvalue weighted by Crippen LogP contribution is 2.12. The normalized spacial score (nSPS) is 10.9. The van der Waals surface area contributed by atoms with Gasteiger partial charge >= 0.3 is 0 Å². The molecule has 5 heteroatoms. The fourth-order valence-corrected chi connectivity index (χ4v) is 2.12. The molecule has 1 rings (SSSR count). The number of hydrogen-bond donors (Lipinski definition) is 1. The quantitative estimate of drug-likeness (QED) is 0.674. The zero-order valence-electron chi connectivity index (χ0n) is 10.2. The van der Waals surface area contributed by atoms with E-state index >= 15 is 0 Å². The van der Waals surface area contributed by atoms with Gasteiger partial charge in [0.1, 0.15) is 16.6 Å². The van der Waals surface area contributed by atoms with Crippen LogP contribution in [0, 0.1) is 0 Å². The van der Waals surface area contributed by atoms with Gasteiger partial charge in [-0.15, -0.1) is 10.2 Å². The molecule has 4 nitrogen and oxygen atoms in total. The van der Waals surface area contributed by atoms with Crippen LogP contribution in [-0.4, -0.2) is 29.9 Å². The van der Waals surface area contributed by atoms with Crippen molar-refractivity contribution in [3.05, 3.63) is 10.0 Å². The predicted molar refractivity (Wildman–Crippen MR) is 66.7 cm³/mol. The average molecular weight is 243 g/mol. The fraction of sp³-hybridized carbons (Fsp3) is 0.818. The van der Waals surface area contributed by atoms with Crippen molar-refractivity contribution in [3.8, 4) is 0 Å². The molecular weight excluding hydrogens is 222 g/mol. The smallest absolute Gasteiger partial charge is 0.143 e. The van der Waals surface area contributed by atoms with E-state index in [-0.39, 0.29) is 0 Å². The zero-order chi connectivity index (χ0) is 11.6. The number of nitrogens with zero attached hydrogens (tertiary/aromatic N) is 2. The first-order valence-corrected chi connectivity index (χ1v) is 6.78. The Morgan fingerprint density at radius 2 is 2.06 bits per heavy atom. The van der Waals surface area contributed by atoms with E-state index in [0.29, 0.717) is 6.61 Å². The van der Waals surface area contributed by atoms with Crippen molar-refractivity contribution < 1.29 is 4.74 Å². The summed E-state index contributed by atoms with van der Waals surface area (Å²) < 4.78 is 5.42. The van der Waals surface area contributed by atoms with E-state index in [2.05, 4.69) is 29.4 Å². The lowest BCUT2D eigenvalue weighted by atomic mass is 10.3. The van der Waals surface area contributed by atoms with Gasteiger partial charge in [-0.3, -0.25) is 0 Å². The Labute approximate surface area is 101 Å². The molecule has 0 atom stereocenters. The van der Waals surface area contributed by atoms with Crippen molar-refractivity contribution >= 4 is 11.3 Å². The van der Waals surface area contributed by atoms with E-state index in [1.54, 1.807) is 11.3 Å². The molecule has 0 aromatic carbocycles. The van der Waals surface area contributed by atoms with Crippen molar-refractivity contribution in [2.75, 3.05) is 19.7 Å². The van der Waals surface area contributed by atoms with Crippen LogP contribution in [0.1, 0.15) is 36.7 Å². The number of rotatable bonds is 9. The van der Waals surface area contributed by atoms with Gasteiger partial charge in [-0.2, -0.15) is 0 Å². The molecule has 0 aliphatic carbocycles. The number of aromatic nitrogens is 2. The number of hydrogen-bond acceptors (Lipinski definition) is 5. The number of aryl methyl sites for hydroxylation is 1. The standard InChI is InChI=1S/C11H21N3OS/c1-3-8-15-9-11-14-13-10(16-11)6-5-7-12-4-2/h12H,3-9H2,1-2H3. The van der Waals surface area contributed by atoms with Gasteiger partial charge in [0.05, 0.1) is 0 Å². The molecule has 92 valence electrons. The van der Waals surface area contributed by atoms with Gasteiger partial charge < -0.3 is 10.1 Å². The SMILES string of the molecule is CCCOCc1nnc(CCCNCC)s1. The Bertz CT molecular complexity index is 278. The maximum atomic E-state index is 5.42. The molecule has 1 aromatic rings. The molecule has 1 N–H and O–H groups in total. The van der Waals surface area contributed by atoms with Gasteiger partial charge in [0.25, 0.3) is 0 Å². The van der Waals surface area contributed by atoms with Crippen molar-refractivity contribution in [1.82, 2.24) is 15.5 Å². The molecule has 0 aliphatic heterocycles. The van der Waals surface area contributed by atoms with Crippen LogP contribution in [0.4, 0.5) is 0 Å². The monoisotopic (exact) mass is 243 g/mol. The highest BCUT2D eigenvalue weighted by atomic mass is 32.1. The van der Waals surface area contributed by atoms with Crippen molar-refractivity contribution in [3.63, 3.8) is 0 Å². The maximum Gasteiger partial charge on any atom is 0.143 e. The molecule has 0 fully saturated rings. The first kappa shape index (κ1) is 13.5. The summed E-state index contributed by atoms with van der Waals surface area (Å²) in [7, 11) is 0. The lowest BCUT2D eigenvalue weighted by Crippen LogP contribution is -2.14. The summed E-state index contributed by atoms with van der Waals surface area (Å²) in [5.41, 5.74) is 0. The third kappa shape index (κ3) is 5.53. The maximum absolute atomic E-state index is 5.42. The molecule has 0 amide bonds. The van der Waals surface area contributed by atoms with Gasteiger partial charge in [-0.25, -0.2) is 0 Å². The van der Waals surface area contributed by atoms with Gasteiger partial charge in [-0.1, -0.05) is 25.2 Å². The van der Waals surface area contributed by atoms with E-state index < -0.39 is 0 Å². The fourth-order valence-electron chi connectivity index (χ4n) is 1.29. The highest BCUT2D eigenvalue weighted by molar-refractivity contribution is 7.11. The Hall–Kier alpha value is -0.520. The van der Waals surface area contributed by atoms with Gasteiger partial charge in [0.15, 0.2) is 0 Å². The molecule has 16 heavy (non-hydrogen) atoms. The molecule has 0 saturated carbocycles. The minimum atomic E-state index is 0.610. The zero-order valence-corrected chi connectivity index (χ0v) is 11.0. The second-order valence-corrected chi connectivity index (χ2v) is 4.75. The van der Waals surface area contributed by atoms with E-state index in [1.165, 1.54) is 0 Å². The number of nitrogens with one attached hydrogen (secondary N) is 1. The van der Waals surface area contributed by atoms with Crippen LogP contribution in [0.3, 0.4) is 0 Å². The molecular formula is C11H21N3OS. The van der Waals surface area contributed by atoms with Crippen LogP contribution in [0.5, 0.6) is 0 Å². The third-order valence-corrected chi connectivity index (χ3v) is 3.03. The van der Waals surface area contributed by atoms with Gasteiger partial charge in [0, 0.05) is 13.0 Å². The molecule has 1 aromatic heterocycles. The van der Waals surface area contributed by atoms with Crippen LogP contribution in [0.25, 0.3) is 0 Å². The van der Waals surface area contributed by atoms with Crippen LogP contribution in [0.15, 0.2) is 0 Å². The molecule has 1 heterocycles. The second-order valence-electron chi connectivity index (χ2n) is 3.60. The Kier molecular flexibility index (Phi) is 7.29. The summed E-state index contributed by atoms with van der Waals surface area (Å²) in [6.45, 7) is 7.72. The molecule has 0 saturated heterocycles. The van der Waals surface area contributed by atoms with E-state index in [9.17, 15) is 0 Å². The first-order chi connectivity index (χ1) is 7.86. The van der Waals surface area contributed by atoms with Crippen molar-refractivity contribution in [2.45, 2.75) is 39.7 Å². The molecule has 0 aliphatic rings. The van der Waals surface area contributed by atoms with Gasteiger partial charge in [-0.05, 0) is 25.9 Å². The molecule has 0 spiro atoms. The van der Waals surface area contributed by atoms with Crippen molar-refractivity contribution in [1.29, 1.82) is 0 Å².